The largest absolute Gasteiger partial charge is 0.490 e. The van der Waals surface area contributed by atoms with Crippen LogP contribution in [0.1, 0.15) is 51.5 Å². The van der Waals surface area contributed by atoms with Crippen molar-refractivity contribution >= 4 is 0 Å². The molecule has 2 nitrogen and oxygen atoms in total. The van der Waals surface area contributed by atoms with Gasteiger partial charge in [0.2, 0.25) is 0 Å². The zero-order chi connectivity index (χ0) is 13.0. The second-order valence-corrected chi connectivity index (χ2v) is 6.16. The van der Waals surface area contributed by atoms with Crippen molar-refractivity contribution in [2.45, 2.75) is 64.0 Å². The number of hydrogen-bond donors (Lipinski definition) is 1. The predicted octanol–water partition coefficient (Wildman–Crippen LogP) is 3.68. The van der Waals surface area contributed by atoms with Crippen molar-refractivity contribution in [2.75, 3.05) is 0 Å². The van der Waals surface area contributed by atoms with Gasteiger partial charge < -0.3 is 10.5 Å². The number of ether oxygens (including phenoxy) is 1. The molecule has 100 valence electrons. The third-order valence-electron chi connectivity index (χ3n) is 3.59. The number of benzene rings is 1. The van der Waals surface area contributed by atoms with E-state index < -0.39 is 0 Å². The Morgan fingerprint density at radius 1 is 1.17 bits per heavy atom. The van der Waals surface area contributed by atoms with Gasteiger partial charge in [0.05, 0.1) is 6.10 Å². The molecule has 0 saturated heterocycles. The molecular formula is C16H25NO. The summed E-state index contributed by atoms with van der Waals surface area (Å²) in [6, 6.07) is 8.51. The summed E-state index contributed by atoms with van der Waals surface area (Å²) in [5.41, 5.74) is 7.25. The molecule has 0 aromatic heterocycles. The van der Waals surface area contributed by atoms with Crippen molar-refractivity contribution in [1.82, 2.24) is 0 Å². The van der Waals surface area contributed by atoms with Crippen LogP contribution in [0.3, 0.4) is 0 Å². The zero-order valence-electron chi connectivity index (χ0n) is 11.6. The highest BCUT2D eigenvalue weighted by Crippen LogP contribution is 2.24. The molecule has 2 rings (SSSR count). The maximum Gasteiger partial charge on any atom is 0.119 e. The Balaban J connectivity index is 1.85. The normalized spacial score (nSPS) is 17.1. The molecule has 0 spiro atoms. The van der Waals surface area contributed by atoms with Crippen molar-refractivity contribution in [3.63, 3.8) is 0 Å². The first-order chi connectivity index (χ1) is 8.53. The van der Waals surface area contributed by atoms with Crippen molar-refractivity contribution in [1.29, 1.82) is 0 Å². The molecule has 0 atom stereocenters. The average Bonchev–Trinajstić information content (AvgIpc) is 2.80. The lowest BCUT2D eigenvalue weighted by atomic mass is 9.97. The average molecular weight is 247 g/mol. The lowest BCUT2D eigenvalue weighted by Gasteiger charge is -2.18. The van der Waals surface area contributed by atoms with Crippen LogP contribution in [0.25, 0.3) is 0 Å². The van der Waals surface area contributed by atoms with Crippen LogP contribution in [0.4, 0.5) is 0 Å². The Morgan fingerprint density at radius 2 is 1.78 bits per heavy atom. The summed E-state index contributed by atoms with van der Waals surface area (Å²) < 4.78 is 5.95. The number of nitrogens with two attached hydrogens (primary N) is 1. The lowest BCUT2D eigenvalue weighted by Crippen LogP contribution is -2.32. The second-order valence-electron chi connectivity index (χ2n) is 6.16. The Bertz CT molecular complexity index is 358. The fourth-order valence-electron chi connectivity index (χ4n) is 2.40. The van der Waals surface area contributed by atoms with E-state index in [9.17, 15) is 0 Å². The van der Waals surface area contributed by atoms with Gasteiger partial charge in [-0.15, -0.1) is 0 Å². The van der Waals surface area contributed by atoms with E-state index in [1.807, 2.05) is 0 Å². The molecule has 0 radical (unpaired) electrons. The standard InChI is InChI=1S/C16H25NO/c1-16(2,17)12-11-13-7-9-15(10-8-13)18-14-5-3-4-6-14/h7-10,14H,3-6,11-12,17H2,1-2H3. The Hall–Kier alpha value is -1.02. The zero-order valence-corrected chi connectivity index (χ0v) is 11.6. The van der Waals surface area contributed by atoms with E-state index in [0.717, 1.165) is 18.6 Å². The smallest absolute Gasteiger partial charge is 0.119 e. The number of rotatable bonds is 5. The van der Waals surface area contributed by atoms with Crippen molar-refractivity contribution in [2.24, 2.45) is 5.73 Å². The third kappa shape index (κ3) is 4.34. The summed E-state index contributed by atoms with van der Waals surface area (Å²) in [6.45, 7) is 4.15. The molecule has 1 aromatic carbocycles. The van der Waals surface area contributed by atoms with Gasteiger partial charge in [-0.1, -0.05) is 12.1 Å². The molecular weight excluding hydrogens is 222 g/mol. The number of hydrogen-bond acceptors (Lipinski definition) is 2. The van der Waals surface area contributed by atoms with Gasteiger partial charge in [0.15, 0.2) is 0 Å². The van der Waals surface area contributed by atoms with Gasteiger partial charge in [-0.2, -0.15) is 0 Å². The van der Waals surface area contributed by atoms with Crippen LogP contribution in [0, 0.1) is 0 Å². The molecule has 1 aliphatic rings. The molecule has 1 aliphatic carbocycles. The summed E-state index contributed by atoms with van der Waals surface area (Å²) in [4.78, 5) is 0. The predicted molar refractivity (Wildman–Crippen MR) is 75.9 cm³/mol. The van der Waals surface area contributed by atoms with E-state index >= 15 is 0 Å². The second kappa shape index (κ2) is 5.75. The fraction of sp³-hybridized carbons (Fsp3) is 0.625. The van der Waals surface area contributed by atoms with E-state index in [1.165, 1.54) is 31.2 Å². The fourth-order valence-corrected chi connectivity index (χ4v) is 2.40. The molecule has 0 bridgehead atoms. The first-order valence-electron chi connectivity index (χ1n) is 7.07. The van der Waals surface area contributed by atoms with Gasteiger partial charge in [-0.3, -0.25) is 0 Å². The molecule has 1 saturated carbocycles. The molecule has 0 aliphatic heterocycles. The molecule has 2 heteroatoms. The maximum absolute atomic E-state index is 6.00. The van der Waals surface area contributed by atoms with Gasteiger partial charge in [0, 0.05) is 5.54 Å². The van der Waals surface area contributed by atoms with Crippen molar-refractivity contribution < 1.29 is 4.74 Å². The van der Waals surface area contributed by atoms with Gasteiger partial charge >= 0.3 is 0 Å². The van der Waals surface area contributed by atoms with Gasteiger partial charge in [-0.25, -0.2) is 0 Å². The first-order valence-corrected chi connectivity index (χ1v) is 7.07. The van der Waals surface area contributed by atoms with Crippen LogP contribution >= 0.6 is 0 Å². The highest BCUT2D eigenvalue weighted by Gasteiger charge is 2.16. The van der Waals surface area contributed by atoms with Crippen LogP contribution in [0.15, 0.2) is 24.3 Å². The van der Waals surface area contributed by atoms with Crippen LogP contribution in [0.5, 0.6) is 5.75 Å². The Labute approximate surface area is 111 Å². The monoisotopic (exact) mass is 247 g/mol. The minimum Gasteiger partial charge on any atom is -0.490 e. The van der Waals surface area contributed by atoms with E-state index in [0.29, 0.717) is 6.10 Å². The molecule has 0 amide bonds. The SMILES string of the molecule is CC(C)(N)CCc1ccc(OC2CCCC2)cc1. The van der Waals surface area contributed by atoms with Gasteiger partial charge in [-0.05, 0) is 70.1 Å². The quantitative estimate of drug-likeness (QED) is 0.861. The maximum atomic E-state index is 6.00. The highest BCUT2D eigenvalue weighted by molar-refractivity contribution is 5.27. The van der Waals surface area contributed by atoms with Gasteiger partial charge in [0.1, 0.15) is 5.75 Å². The van der Waals surface area contributed by atoms with Crippen LogP contribution < -0.4 is 10.5 Å². The highest BCUT2D eigenvalue weighted by atomic mass is 16.5. The molecule has 2 N–H and O–H groups in total. The minimum absolute atomic E-state index is 0.0843. The Kier molecular flexibility index (Phi) is 4.28. The van der Waals surface area contributed by atoms with Crippen LogP contribution in [-0.4, -0.2) is 11.6 Å². The molecule has 0 heterocycles. The summed E-state index contributed by atoms with van der Waals surface area (Å²) in [7, 11) is 0. The molecule has 1 fully saturated rings. The topological polar surface area (TPSA) is 35.2 Å². The van der Waals surface area contributed by atoms with Crippen molar-refractivity contribution in [3.05, 3.63) is 29.8 Å². The van der Waals surface area contributed by atoms with E-state index in [-0.39, 0.29) is 5.54 Å². The summed E-state index contributed by atoms with van der Waals surface area (Å²) >= 11 is 0. The Morgan fingerprint density at radius 3 is 2.33 bits per heavy atom. The number of aryl methyl sites for hydroxylation is 1. The van der Waals surface area contributed by atoms with E-state index in [4.69, 9.17) is 10.5 Å². The summed E-state index contributed by atoms with van der Waals surface area (Å²) in [6.07, 6.45) is 7.54. The van der Waals surface area contributed by atoms with Crippen LogP contribution in [0.2, 0.25) is 0 Å². The lowest BCUT2D eigenvalue weighted by molar-refractivity contribution is 0.210. The van der Waals surface area contributed by atoms with E-state index in [1.54, 1.807) is 0 Å². The summed E-state index contributed by atoms with van der Waals surface area (Å²) in [5.74, 6) is 1.01. The summed E-state index contributed by atoms with van der Waals surface area (Å²) in [5, 5.41) is 0. The van der Waals surface area contributed by atoms with E-state index in [2.05, 4.69) is 38.1 Å². The van der Waals surface area contributed by atoms with Crippen LogP contribution in [-0.2, 0) is 6.42 Å². The first kappa shape index (κ1) is 13.4. The molecule has 1 aromatic rings. The van der Waals surface area contributed by atoms with Gasteiger partial charge in [0.25, 0.3) is 0 Å². The minimum atomic E-state index is -0.0843. The third-order valence-corrected chi connectivity index (χ3v) is 3.59. The molecule has 18 heavy (non-hydrogen) atoms. The van der Waals surface area contributed by atoms with Crippen molar-refractivity contribution in [3.8, 4) is 5.75 Å². The molecule has 0 unspecified atom stereocenters.